The standard InChI is InChI=1S/C13H14N2/c1-11-5-3-6-13(10-12(2)9-11)15-8-4-7-14-15/h3-4,6-9H,10H2,1-2H3/b12-9-,13-6+. The van der Waals surface area contributed by atoms with E-state index in [9.17, 15) is 0 Å². The molecule has 0 aromatic carbocycles. The molecule has 1 aliphatic rings. The Bertz CT molecular complexity index is 467. The van der Waals surface area contributed by atoms with Crippen LogP contribution in [0.4, 0.5) is 0 Å². The van der Waals surface area contributed by atoms with E-state index in [1.165, 1.54) is 16.8 Å². The minimum absolute atomic E-state index is 0.928. The van der Waals surface area contributed by atoms with Crippen LogP contribution < -0.4 is 0 Å². The monoisotopic (exact) mass is 198 g/mol. The number of hydrogen-bond donors (Lipinski definition) is 0. The third-order valence-corrected chi connectivity index (χ3v) is 2.31. The van der Waals surface area contributed by atoms with E-state index in [1.54, 1.807) is 6.20 Å². The van der Waals surface area contributed by atoms with Crippen LogP contribution in [-0.2, 0) is 0 Å². The van der Waals surface area contributed by atoms with Gasteiger partial charge in [0.1, 0.15) is 0 Å². The Balaban J connectivity index is 2.40. The summed E-state index contributed by atoms with van der Waals surface area (Å²) in [6.45, 7) is 4.20. The number of nitrogens with zero attached hydrogens (tertiary/aromatic N) is 2. The second-order valence-corrected chi connectivity index (χ2v) is 3.77. The lowest BCUT2D eigenvalue weighted by Crippen LogP contribution is -1.98. The number of allylic oxidation sites excluding steroid dienone is 5. The van der Waals surface area contributed by atoms with Gasteiger partial charge in [-0.1, -0.05) is 11.6 Å². The summed E-state index contributed by atoms with van der Waals surface area (Å²) >= 11 is 0. The van der Waals surface area contributed by atoms with Gasteiger partial charge >= 0.3 is 0 Å². The Labute approximate surface area is 89.9 Å². The van der Waals surface area contributed by atoms with E-state index in [-0.39, 0.29) is 0 Å². The van der Waals surface area contributed by atoms with Crippen molar-refractivity contribution in [3.05, 3.63) is 53.6 Å². The van der Waals surface area contributed by atoms with Gasteiger partial charge in [-0.05, 0) is 37.6 Å². The van der Waals surface area contributed by atoms with Crippen LogP contribution in [0.25, 0.3) is 5.70 Å². The predicted octanol–water partition coefficient (Wildman–Crippen LogP) is 3.18. The van der Waals surface area contributed by atoms with Gasteiger partial charge in [-0.3, -0.25) is 0 Å². The Morgan fingerprint density at radius 2 is 2.27 bits per heavy atom. The minimum Gasteiger partial charge on any atom is -0.245 e. The molecule has 0 amide bonds. The van der Waals surface area contributed by atoms with E-state index in [2.05, 4.69) is 36.8 Å². The molecule has 1 heterocycles. The van der Waals surface area contributed by atoms with Gasteiger partial charge in [-0.15, -0.1) is 5.73 Å². The lowest BCUT2D eigenvalue weighted by atomic mass is 10.1. The summed E-state index contributed by atoms with van der Waals surface area (Å²) in [6, 6.07) is 1.93. The van der Waals surface area contributed by atoms with E-state index < -0.39 is 0 Å². The van der Waals surface area contributed by atoms with Crippen LogP contribution in [0.1, 0.15) is 20.3 Å². The van der Waals surface area contributed by atoms with Gasteiger partial charge in [-0.25, -0.2) is 4.68 Å². The number of aromatic nitrogens is 2. The molecule has 0 saturated heterocycles. The minimum atomic E-state index is 0.928. The Kier molecular flexibility index (Phi) is 2.70. The molecule has 2 nitrogen and oxygen atoms in total. The number of rotatable bonds is 1. The highest BCUT2D eigenvalue weighted by Gasteiger charge is 2.02. The van der Waals surface area contributed by atoms with Crippen LogP contribution >= 0.6 is 0 Å². The summed E-state index contributed by atoms with van der Waals surface area (Å²) in [7, 11) is 0. The molecule has 1 aliphatic carbocycles. The van der Waals surface area contributed by atoms with Gasteiger partial charge < -0.3 is 0 Å². The van der Waals surface area contributed by atoms with Crippen molar-refractivity contribution in [2.45, 2.75) is 20.3 Å². The fourth-order valence-corrected chi connectivity index (χ4v) is 1.67. The second-order valence-electron chi connectivity index (χ2n) is 3.77. The third kappa shape index (κ3) is 2.36. The van der Waals surface area contributed by atoms with E-state index in [1.807, 2.05) is 23.0 Å². The molecule has 0 aliphatic heterocycles. The second kappa shape index (κ2) is 4.16. The Morgan fingerprint density at radius 1 is 1.40 bits per heavy atom. The number of hydrogen-bond acceptors (Lipinski definition) is 1. The van der Waals surface area contributed by atoms with Crippen molar-refractivity contribution >= 4 is 5.70 Å². The zero-order chi connectivity index (χ0) is 10.7. The molecule has 0 atom stereocenters. The van der Waals surface area contributed by atoms with E-state index in [4.69, 9.17) is 0 Å². The molecule has 1 aromatic heterocycles. The smallest absolute Gasteiger partial charge is 0.0493 e. The molecule has 2 rings (SSSR count). The maximum atomic E-state index is 4.23. The molecular formula is C13H14N2. The first kappa shape index (κ1) is 9.75. The Morgan fingerprint density at radius 3 is 3.00 bits per heavy atom. The summed E-state index contributed by atoms with van der Waals surface area (Å²) in [6.07, 6.45) is 10.9. The summed E-state index contributed by atoms with van der Waals surface area (Å²) < 4.78 is 1.90. The van der Waals surface area contributed by atoms with Crippen LogP contribution in [0, 0.1) is 0 Å². The van der Waals surface area contributed by atoms with Crippen molar-refractivity contribution in [1.82, 2.24) is 9.78 Å². The van der Waals surface area contributed by atoms with E-state index in [0.29, 0.717) is 0 Å². The molecule has 76 valence electrons. The zero-order valence-electron chi connectivity index (χ0n) is 9.07. The van der Waals surface area contributed by atoms with Crippen LogP contribution in [0.3, 0.4) is 0 Å². The van der Waals surface area contributed by atoms with Crippen LogP contribution in [0.2, 0.25) is 0 Å². The first-order chi connectivity index (χ1) is 7.25. The fraction of sp³-hybridized carbons (Fsp3) is 0.231. The third-order valence-electron chi connectivity index (χ3n) is 2.31. The fourth-order valence-electron chi connectivity index (χ4n) is 1.67. The molecule has 0 saturated carbocycles. The van der Waals surface area contributed by atoms with Gasteiger partial charge in [0.15, 0.2) is 0 Å². The average molecular weight is 198 g/mol. The molecule has 0 unspecified atom stereocenters. The lowest BCUT2D eigenvalue weighted by Gasteiger charge is -2.08. The SMILES string of the molecule is CC1=C=C/C=C(/n2cccn2)C/C(C)=C\1. The largest absolute Gasteiger partial charge is 0.245 e. The molecule has 0 N–H and O–H groups in total. The maximum absolute atomic E-state index is 4.23. The molecule has 0 bridgehead atoms. The van der Waals surface area contributed by atoms with Crippen molar-refractivity contribution in [1.29, 1.82) is 0 Å². The van der Waals surface area contributed by atoms with E-state index in [0.717, 1.165) is 6.42 Å². The molecule has 0 fully saturated rings. The lowest BCUT2D eigenvalue weighted by molar-refractivity contribution is 0.869. The topological polar surface area (TPSA) is 17.8 Å². The highest BCUT2D eigenvalue weighted by Crippen LogP contribution is 2.18. The van der Waals surface area contributed by atoms with Crippen molar-refractivity contribution in [3.8, 4) is 0 Å². The van der Waals surface area contributed by atoms with Crippen molar-refractivity contribution in [2.24, 2.45) is 0 Å². The first-order valence-corrected chi connectivity index (χ1v) is 5.05. The van der Waals surface area contributed by atoms with Crippen LogP contribution in [0.15, 0.2) is 53.6 Å². The zero-order valence-corrected chi connectivity index (χ0v) is 9.07. The van der Waals surface area contributed by atoms with Gasteiger partial charge in [0.2, 0.25) is 0 Å². The summed E-state index contributed by atoms with van der Waals surface area (Å²) in [4.78, 5) is 0. The summed E-state index contributed by atoms with van der Waals surface area (Å²) in [5.41, 5.74) is 6.88. The highest BCUT2D eigenvalue weighted by molar-refractivity contribution is 5.52. The summed E-state index contributed by atoms with van der Waals surface area (Å²) in [5, 5.41) is 4.23. The molecule has 2 heteroatoms. The van der Waals surface area contributed by atoms with Crippen molar-refractivity contribution < 1.29 is 0 Å². The Hall–Kier alpha value is -1.79. The molecule has 0 spiro atoms. The molecule has 1 aromatic rings. The van der Waals surface area contributed by atoms with E-state index >= 15 is 0 Å². The molecule has 0 radical (unpaired) electrons. The molecular weight excluding hydrogens is 184 g/mol. The van der Waals surface area contributed by atoms with Gasteiger partial charge in [0.25, 0.3) is 0 Å². The van der Waals surface area contributed by atoms with Crippen molar-refractivity contribution in [2.75, 3.05) is 0 Å². The van der Waals surface area contributed by atoms with Crippen LogP contribution in [0.5, 0.6) is 0 Å². The van der Waals surface area contributed by atoms with Gasteiger partial charge in [0, 0.05) is 24.5 Å². The highest BCUT2D eigenvalue weighted by atomic mass is 15.3. The van der Waals surface area contributed by atoms with Gasteiger partial charge in [0.05, 0.1) is 0 Å². The first-order valence-electron chi connectivity index (χ1n) is 5.05. The molecule has 15 heavy (non-hydrogen) atoms. The van der Waals surface area contributed by atoms with Crippen molar-refractivity contribution in [3.63, 3.8) is 0 Å². The average Bonchev–Trinajstić information content (AvgIpc) is 2.65. The van der Waals surface area contributed by atoms with Crippen LogP contribution in [-0.4, -0.2) is 9.78 Å². The normalized spacial score (nSPS) is 23.2. The van der Waals surface area contributed by atoms with Gasteiger partial charge in [-0.2, -0.15) is 5.10 Å². The quantitative estimate of drug-likeness (QED) is 0.634. The summed E-state index contributed by atoms with van der Waals surface area (Å²) in [5.74, 6) is 0. The maximum Gasteiger partial charge on any atom is 0.0493 e. The predicted molar refractivity (Wildman–Crippen MR) is 62.1 cm³/mol.